The Morgan fingerprint density at radius 2 is 1.94 bits per heavy atom. The maximum atomic E-state index is 5.93. The largest absolute Gasteiger partial charge is 0.490 e. The van der Waals surface area contributed by atoms with Gasteiger partial charge in [0.1, 0.15) is 5.75 Å². The molecule has 1 heterocycles. The van der Waals surface area contributed by atoms with E-state index in [4.69, 9.17) is 10.5 Å². The van der Waals surface area contributed by atoms with Gasteiger partial charge in [0.2, 0.25) is 0 Å². The van der Waals surface area contributed by atoms with Crippen molar-refractivity contribution >= 4 is 30.5 Å². The molecule has 5 heteroatoms. The van der Waals surface area contributed by atoms with E-state index in [0.717, 1.165) is 24.5 Å². The van der Waals surface area contributed by atoms with Crippen LogP contribution in [0.1, 0.15) is 19.8 Å². The highest BCUT2D eigenvalue weighted by molar-refractivity contribution is 5.85. The van der Waals surface area contributed by atoms with Crippen molar-refractivity contribution in [2.45, 2.75) is 25.9 Å². The average molecular weight is 293 g/mol. The van der Waals surface area contributed by atoms with Gasteiger partial charge in [-0.2, -0.15) is 0 Å². The van der Waals surface area contributed by atoms with Crippen LogP contribution in [0.4, 0.5) is 5.69 Å². The molecule has 0 aliphatic carbocycles. The van der Waals surface area contributed by atoms with Crippen LogP contribution in [0.15, 0.2) is 24.3 Å². The summed E-state index contributed by atoms with van der Waals surface area (Å²) in [6.07, 6.45) is 2.66. The molecule has 1 aromatic carbocycles. The molecule has 18 heavy (non-hydrogen) atoms. The van der Waals surface area contributed by atoms with Crippen molar-refractivity contribution in [1.29, 1.82) is 0 Å². The van der Waals surface area contributed by atoms with Crippen molar-refractivity contribution in [3.8, 4) is 5.75 Å². The number of ether oxygens (including phenoxy) is 1. The van der Waals surface area contributed by atoms with Crippen molar-refractivity contribution in [3.63, 3.8) is 0 Å². The summed E-state index contributed by atoms with van der Waals surface area (Å²) >= 11 is 0. The second-order valence-electron chi connectivity index (χ2n) is 4.48. The quantitative estimate of drug-likeness (QED) is 0.842. The lowest BCUT2D eigenvalue weighted by Gasteiger charge is -2.28. The summed E-state index contributed by atoms with van der Waals surface area (Å²) in [6.45, 7) is 4.36. The van der Waals surface area contributed by atoms with Gasteiger partial charge in [0.15, 0.2) is 0 Å². The fraction of sp³-hybridized carbons (Fsp3) is 0.538. The smallest absolute Gasteiger partial charge is 0.121 e. The van der Waals surface area contributed by atoms with Gasteiger partial charge in [0.25, 0.3) is 0 Å². The van der Waals surface area contributed by atoms with E-state index >= 15 is 0 Å². The number of halogens is 2. The highest BCUT2D eigenvalue weighted by atomic mass is 35.5. The standard InChI is InChI=1S/C13H20N2O.2ClH/c1-10(11-5-7-15-8-6-11)16-13-4-2-3-12(14)9-13;;/h2-4,9-11,15H,5-8,14H2,1H3;2*1H. The summed E-state index contributed by atoms with van der Waals surface area (Å²) in [5.41, 5.74) is 6.48. The van der Waals surface area contributed by atoms with Crippen LogP contribution in [-0.2, 0) is 0 Å². The van der Waals surface area contributed by atoms with Crippen LogP contribution >= 0.6 is 24.8 Å². The minimum Gasteiger partial charge on any atom is -0.490 e. The van der Waals surface area contributed by atoms with E-state index in [9.17, 15) is 0 Å². The molecule has 1 aliphatic rings. The van der Waals surface area contributed by atoms with E-state index < -0.39 is 0 Å². The van der Waals surface area contributed by atoms with Crippen molar-refractivity contribution in [2.75, 3.05) is 18.8 Å². The normalized spacial score (nSPS) is 17.2. The minimum atomic E-state index is 0. The first-order chi connectivity index (χ1) is 7.75. The Morgan fingerprint density at radius 1 is 1.28 bits per heavy atom. The number of piperidine rings is 1. The molecule has 2 rings (SSSR count). The maximum absolute atomic E-state index is 5.93. The lowest BCUT2D eigenvalue weighted by atomic mass is 9.93. The topological polar surface area (TPSA) is 47.3 Å². The molecule has 3 nitrogen and oxygen atoms in total. The lowest BCUT2D eigenvalue weighted by Crippen LogP contribution is -2.35. The first kappa shape index (κ1) is 17.4. The summed E-state index contributed by atoms with van der Waals surface area (Å²) in [5.74, 6) is 1.54. The van der Waals surface area contributed by atoms with Gasteiger partial charge in [0.05, 0.1) is 6.10 Å². The first-order valence-corrected chi connectivity index (χ1v) is 5.98. The van der Waals surface area contributed by atoms with Crippen molar-refractivity contribution in [1.82, 2.24) is 5.32 Å². The molecule has 1 aromatic rings. The van der Waals surface area contributed by atoms with E-state index in [1.807, 2.05) is 24.3 Å². The van der Waals surface area contributed by atoms with E-state index in [0.29, 0.717) is 5.92 Å². The molecule has 1 atom stereocenters. The lowest BCUT2D eigenvalue weighted by molar-refractivity contribution is 0.128. The molecule has 0 saturated carbocycles. The molecule has 104 valence electrons. The molecule has 0 aromatic heterocycles. The van der Waals surface area contributed by atoms with Gasteiger partial charge in [-0.1, -0.05) is 6.07 Å². The van der Waals surface area contributed by atoms with Crippen molar-refractivity contribution < 1.29 is 4.74 Å². The number of benzene rings is 1. The molecule has 0 radical (unpaired) electrons. The van der Waals surface area contributed by atoms with Gasteiger partial charge in [0, 0.05) is 11.8 Å². The monoisotopic (exact) mass is 292 g/mol. The third-order valence-corrected chi connectivity index (χ3v) is 3.23. The van der Waals surface area contributed by atoms with Gasteiger partial charge < -0.3 is 15.8 Å². The molecule has 3 N–H and O–H groups in total. The Morgan fingerprint density at radius 3 is 2.56 bits per heavy atom. The fourth-order valence-electron chi connectivity index (χ4n) is 2.21. The minimum absolute atomic E-state index is 0. The van der Waals surface area contributed by atoms with E-state index in [1.165, 1.54) is 12.8 Å². The number of nitrogens with one attached hydrogen (secondary N) is 1. The summed E-state index contributed by atoms with van der Waals surface area (Å²) in [6, 6.07) is 7.66. The number of hydrogen-bond donors (Lipinski definition) is 2. The van der Waals surface area contributed by atoms with Gasteiger partial charge in [-0.25, -0.2) is 0 Å². The van der Waals surface area contributed by atoms with Crippen molar-refractivity contribution in [3.05, 3.63) is 24.3 Å². The van der Waals surface area contributed by atoms with Crippen molar-refractivity contribution in [2.24, 2.45) is 5.92 Å². The fourth-order valence-corrected chi connectivity index (χ4v) is 2.21. The molecule has 1 unspecified atom stereocenters. The highest BCUT2D eigenvalue weighted by Crippen LogP contribution is 2.22. The first-order valence-electron chi connectivity index (χ1n) is 5.98. The van der Waals surface area contributed by atoms with Crippen LogP contribution in [0.2, 0.25) is 0 Å². The van der Waals surface area contributed by atoms with Gasteiger partial charge in [-0.15, -0.1) is 24.8 Å². The Bertz CT molecular complexity index is 344. The Labute approximate surface area is 121 Å². The number of anilines is 1. The van der Waals surface area contributed by atoms with Gasteiger partial charge in [-0.3, -0.25) is 0 Å². The molecule has 0 bridgehead atoms. The van der Waals surface area contributed by atoms with E-state index in [1.54, 1.807) is 0 Å². The molecular weight excluding hydrogens is 271 g/mol. The van der Waals surface area contributed by atoms with Crippen LogP contribution in [-0.4, -0.2) is 19.2 Å². The summed E-state index contributed by atoms with van der Waals surface area (Å²) in [4.78, 5) is 0. The summed E-state index contributed by atoms with van der Waals surface area (Å²) in [7, 11) is 0. The van der Waals surface area contributed by atoms with Crippen LogP contribution in [0.3, 0.4) is 0 Å². The van der Waals surface area contributed by atoms with Gasteiger partial charge >= 0.3 is 0 Å². The average Bonchev–Trinajstić information content (AvgIpc) is 2.30. The zero-order chi connectivity index (χ0) is 11.4. The third-order valence-electron chi connectivity index (χ3n) is 3.23. The second-order valence-corrected chi connectivity index (χ2v) is 4.48. The second kappa shape index (κ2) is 8.46. The SMILES string of the molecule is CC(Oc1cccc(N)c1)C1CCNCC1.Cl.Cl. The molecule has 1 fully saturated rings. The Kier molecular flexibility index (Phi) is 8.16. The summed E-state index contributed by atoms with van der Waals surface area (Å²) < 4.78 is 5.93. The molecule has 0 amide bonds. The number of nitrogens with two attached hydrogens (primary N) is 1. The summed E-state index contributed by atoms with van der Waals surface area (Å²) in [5, 5.41) is 3.37. The Balaban J connectivity index is 0.00000144. The van der Waals surface area contributed by atoms with Crippen LogP contribution in [0.25, 0.3) is 0 Å². The number of rotatable bonds is 3. The third kappa shape index (κ3) is 4.92. The molecular formula is C13H22Cl2N2O. The van der Waals surface area contributed by atoms with Crippen LogP contribution in [0, 0.1) is 5.92 Å². The maximum Gasteiger partial charge on any atom is 0.121 e. The highest BCUT2D eigenvalue weighted by Gasteiger charge is 2.21. The predicted molar refractivity (Wildman–Crippen MR) is 81.0 cm³/mol. The van der Waals surface area contributed by atoms with Crippen LogP contribution in [0.5, 0.6) is 5.75 Å². The number of hydrogen-bond acceptors (Lipinski definition) is 3. The zero-order valence-corrected chi connectivity index (χ0v) is 12.2. The molecule has 0 spiro atoms. The number of nitrogen functional groups attached to an aromatic ring is 1. The Hall–Kier alpha value is -0.640. The van der Waals surface area contributed by atoms with E-state index in [-0.39, 0.29) is 30.9 Å². The molecule has 1 aliphatic heterocycles. The van der Waals surface area contributed by atoms with Crippen LogP contribution < -0.4 is 15.8 Å². The van der Waals surface area contributed by atoms with E-state index in [2.05, 4.69) is 12.2 Å². The zero-order valence-electron chi connectivity index (χ0n) is 10.6. The predicted octanol–water partition coefficient (Wildman–Crippen LogP) is 2.88. The van der Waals surface area contributed by atoms with Gasteiger partial charge in [-0.05, 0) is 50.9 Å². The molecule has 1 saturated heterocycles.